The number of hydrogen-bond acceptors (Lipinski definition) is 3. The molecule has 0 saturated carbocycles. The van der Waals surface area contributed by atoms with Crippen molar-refractivity contribution in [3.05, 3.63) is 35.9 Å². The first kappa shape index (κ1) is 13.7. The SMILES string of the molecule is CC1C(c2ccccc2)NCCN1C.NC=O. The van der Waals surface area contributed by atoms with Crippen LogP contribution in [0.2, 0.25) is 0 Å². The van der Waals surface area contributed by atoms with Gasteiger partial charge in [-0.1, -0.05) is 30.3 Å². The van der Waals surface area contributed by atoms with Crippen molar-refractivity contribution in [1.82, 2.24) is 10.2 Å². The van der Waals surface area contributed by atoms with Crippen LogP contribution < -0.4 is 11.1 Å². The predicted molar refractivity (Wildman–Crippen MR) is 69.5 cm³/mol. The third kappa shape index (κ3) is 3.84. The quantitative estimate of drug-likeness (QED) is 0.706. The smallest absolute Gasteiger partial charge is 0.204 e. The molecule has 0 radical (unpaired) electrons. The lowest BCUT2D eigenvalue weighted by atomic mass is 9.98. The summed E-state index contributed by atoms with van der Waals surface area (Å²) in [6, 6.07) is 11.7. The summed E-state index contributed by atoms with van der Waals surface area (Å²) in [5, 5.41) is 3.57. The molecule has 1 aliphatic rings. The van der Waals surface area contributed by atoms with E-state index in [4.69, 9.17) is 4.79 Å². The van der Waals surface area contributed by atoms with E-state index >= 15 is 0 Å². The molecule has 3 N–H and O–H groups in total. The first-order valence-electron chi connectivity index (χ1n) is 5.84. The number of piperazine rings is 1. The molecule has 4 heteroatoms. The monoisotopic (exact) mass is 235 g/mol. The van der Waals surface area contributed by atoms with Crippen LogP contribution >= 0.6 is 0 Å². The molecule has 2 unspecified atom stereocenters. The molecule has 94 valence electrons. The number of benzene rings is 1. The Bertz CT molecular complexity index is 329. The number of carbonyl (C=O) groups is 1. The van der Waals surface area contributed by atoms with Gasteiger partial charge in [0.1, 0.15) is 0 Å². The highest BCUT2D eigenvalue weighted by molar-refractivity contribution is 5.42. The lowest BCUT2D eigenvalue weighted by molar-refractivity contribution is -0.106. The molecule has 0 aromatic heterocycles. The van der Waals surface area contributed by atoms with Crippen molar-refractivity contribution in [3.63, 3.8) is 0 Å². The summed E-state index contributed by atoms with van der Waals surface area (Å²) in [5.74, 6) is 0. The van der Waals surface area contributed by atoms with E-state index in [1.807, 2.05) is 0 Å². The zero-order valence-electron chi connectivity index (χ0n) is 10.5. The van der Waals surface area contributed by atoms with Gasteiger partial charge in [-0.3, -0.25) is 4.79 Å². The average Bonchev–Trinajstić information content (AvgIpc) is 2.35. The zero-order valence-corrected chi connectivity index (χ0v) is 10.5. The third-order valence-corrected chi connectivity index (χ3v) is 3.17. The van der Waals surface area contributed by atoms with Gasteiger partial charge in [0, 0.05) is 25.2 Å². The number of carbonyl (C=O) groups excluding carboxylic acids is 1. The number of nitrogens with one attached hydrogen (secondary N) is 1. The van der Waals surface area contributed by atoms with Crippen LogP contribution in [-0.2, 0) is 4.79 Å². The summed E-state index contributed by atoms with van der Waals surface area (Å²) < 4.78 is 0. The van der Waals surface area contributed by atoms with Crippen molar-refractivity contribution < 1.29 is 4.79 Å². The molecular formula is C13H21N3O. The highest BCUT2D eigenvalue weighted by Crippen LogP contribution is 2.22. The topological polar surface area (TPSA) is 58.4 Å². The van der Waals surface area contributed by atoms with Gasteiger partial charge < -0.3 is 16.0 Å². The van der Waals surface area contributed by atoms with E-state index in [1.54, 1.807) is 0 Å². The highest BCUT2D eigenvalue weighted by atomic mass is 16.1. The molecule has 2 atom stereocenters. The minimum atomic E-state index is 0.250. The van der Waals surface area contributed by atoms with Crippen LogP contribution in [0, 0.1) is 0 Å². The van der Waals surface area contributed by atoms with Gasteiger partial charge in [0.2, 0.25) is 6.41 Å². The molecule has 4 nitrogen and oxygen atoms in total. The Balaban J connectivity index is 0.000000437. The molecule has 1 amide bonds. The van der Waals surface area contributed by atoms with Crippen LogP contribution in [-0.4, -0.2) is 37.5 Å². The predicted octanol–water partition coefficient (Wildman–Crippen LogP) is 0.753. The van der Waals surface area contributed by atoms with Crippen molar-refractivity contribution in [1.29, 1.82) is 0 Å². The number of likely N-dealkylation sites (N-methyl/N-ethyl adjacent to an activating group) is 1. The number of nitrogens with zero attached hydrogens (tertiary/aromatic N) is 1. The molecule has 17 heavy (non-hydrogen) atoms. The summed E-state index contributed by atoms with van der Waals surface area (Å²) in [6.07, 6.45) is 0.250. The van der Waals surface area contributed by atoms with Crippen molar-refractivity contribution in [3.8, 4) is 0 Å². The maximum Gasteiger partial charge on any atom is 0.204 e. The van der Waals surface area contributed by atoms with Gasteiger partial charge in [-0.2, -0.15) is 0 Å². The van der Waals surface area contributed by atoms with Gasteiger partial charge >= 0.3 is 0 Å². The lowest BCUT2D eigenvalue weighted by Crippen LogP contribution is -2.49. The van der Waals surface area contributed by atoms with E-state index in [1.165, 1.54) is 5.56 Å². The standard InChI is InChI=1S/C12H18N2.CH3NO/c1-10-12(13-8-9-14(10)2)11-6-4-3-5-7-11;2-1-3/h3-7,10,12-13H,8-9H2,1-2H3;1H,(H2,2,3). The van der Waals surface area contributed by atoms with Crippen LogP contribution in [0.25, 0.3) is 0 Å². The van der Waals surface area contributed by atoms with Gasteiger partial charge in [-0.15, -0.1) is 0 Å². The van der Waals surface area contributed by atoms with Crippen molar-refractivity contribution in [2.24, 2.45) is 5.73 Å². The average molecular weight is 235 g/mol. The van der Waals surface area contributed by atoms with Gasteiger partial charge in [0.25, 0.3) is 0 Å². The Labute approximate surface area is 103 Å². The molecule has 2 rings (SSSR count). The molecule has 0 aliphatic carbocycles. The molecule has 1 aliphatic heterocycles. The first-order chi connectivity index (χ1) is 8.20. The summed E-state index contributed by atoms with van der Waals surface area (Å²) in [4.78, 5) is 11.0. The Kier molecular flexibility index (Phi) is 5.66. The second-order valence-electron chi connectivity index (χ2n) is 4.20. The lowest BCUT2D eigenvalue weighted by Gasteiger charge is -2.38. The van der Waals surface area contributed by atoms with Gasteiger partial charge in [-0.05, 0) is 19.5 Å². The molecule has 0 bridgehead atoms. The summed E-state index contributed by atoms with van der Waals surface area (Å²) >= 11 is 0. The fraction of sp³-hybridized carbons (Fsp3) is 0.462. The Morgan fingerprint density at radius 3 is 2.59 bits per heavy atom. The van der Waals surface area contributed by atoms with E-state index < -0.39 is 0 Å². The minimum Gasteiger partial charge on any atom is -0.372 e. The number of nitrogens with two attached hydrogens (primary N) is 1. The van der Waals surface area contributed by atoms with E-state index in [0.717, 1.165) is 13.1 Å². The molecule has 1 aromatic carbocycles. The summed E-state index contributed by atoms with van der Waals surface area (Å²) in [6.45, 7) is 4.51. The third-order valence-electron chi connectivity index (χ3n) is 3.17. The minimum absolute atomic E-state index is 0.250. The number of hydrogen-bond donors (Lipinski definition) is 2. The zero-order chi connectivity index (χ0) is 12.7. The van der Waals surface area contributed by atoms with Crippen LogP contribution in [0.5, 0.6) is 0 Å². The largest absolute Gasteiger partial charge is 0.372 e. The van der Waals surface area contributed by atoms with Crippen LogP contribution in [0.15, 0.2) is 30.3 Å². The second-order valence-corrected chi connectivity index (χ2v) is 4.20. The summed E-state index contributed by atoms with van der Waals surface area (Å²) in [7, 11) is 2.20. The number of rotatable bonds is 1. The molecule has 1 saturated heterocycles. The number of amides is 1. The molecule has 1 fully saturated rings. The molecule has 1 heterocycles. The normalized spacial score (nSPS) is 24.6. The van der Waals surface area contributed by atoms with Gasteiger partial charge in [0.05, 0.1) is 0 Å². The fourth-order valence-electron chi connectivity index (χ4n) is 2.08. The number of primary amides is 1. The fourth-order valence-corrected chi connectivity index (χ4v) is 2.08. The van der Waals surface area contributed by atoms with E-state index in [9.17, 15) is 0 Å². The Hall–Kier alpha value is -1.39. The molecular weight excluding hydrogens is 214 g/mol. The van der Waals surface area contributed by atoms with E-state index in [0.29, 0.717) is 12.1 Å². The summed E-state index contributed by atoms with van der Waals surface area (Å²) in [5.41, 5.74) is 5.56. The van der Waals surface area contributed by atoms with Crippen molar-refractivity contribution >= 4 is 6.41 Å². The highest BCUT2D eigenvalue weighted by Gasteiger charge is 2.25. The van der Waals surface area contributed by atoms with Crippen molar-refractivity contribution in [2.45, 2.75) is 19.0 Å². The maximum atomic E-state index is 8.58. The van der Waals surface area contributed by atoms with Crippen LogP contribution in [0.3, 0.4) is 0 Å². The van der Waals surface area contributed by atoms with Crippen LogP contribution in [0.1, 0.15) is 18.5 Å². The second kappa shape index (κ2) is 7.04. The van der Waals surface area contributed by atoms with Gasteiger partial charge in [-0.25, -0.2) is 0 Å². The molecule has 1 aromatic rings. The van der Waals surface area contributed by atoms with Gasteiger partial charge in [0.15, 0.2) is 0 Å². The van der Waals surface area contributed by atoms with Crippen LogP contribution in [0.4, 0.5) is 0 Å². The van der Waals surface area contributed by atoms with E-state index in [2.05, 4.69) is 60.3 Å². The molecule has 0 spiro atoms. The first-order valence-corrected chi connectivity index (χ1v) is 5.84. The Morgan fingerprint density at radius 2 is 2.00 bits per heavy atom. The van der Waals surface area contributed by atoms with E-state index in [-0.39, 0.29) is 6.41 Å². The Morgan fingerprint density at radius 1 is 1.41 bits per heavy atom. The van der Waals surface area contributed by atoms with Crippen molar-refractivity contribution in [2.75, 3.05) is 20.1 Å². The maximum absolute atomic E-state index is 8.58.